The number of nitriles is 1. The summed E-state index contributed by atoms with van der Waals surface area (Å²) < 4.78 is 28.1. The number of halogens is 3. The summed E-state index contributed by atoms with van der Waals surface area (Å²) in [4.78, 5) is 4.10. The van der Waals surface area contributed by atoms with Gasteiger partial charge >= 0.3 is 0 Å². The highest BCUT2D eigenvalue weighted by Crippen LogP contribution is 2.33. The van der Waals surface area contributed by atoms with E-state index in [0.717, 1.165) is 22.2 Å². The fourth-order valence-corrected chi connectivity index (χ4v) is 2.61. The number of aromatic nitrogens is 1. The second-order valence-corrected chi connectivity index (χ2v) is 5.98. The van der Waals surface area contributed by atoms with Crippen LogP contribution < -0.4 is 5.73 Å². The number of nitrogens with zero attached hydrogens (tertiary/aromatic N) is 2. The highest BCUT2D eigenvalue weighted by molar-refractivity contribution is 9.10. The van der Waals surface area contributed by atoms with Crippen LogP contribution in [-0.4, -0.2) is 4.98 Å². The van der Waals surface area contributed by atoms with Gasteiger partial charge in [0.25, 0.3) is 0 Å². The molecule has 0 aliphatic carbocycles. The average Bonchev–Trinajstić information content (AvgIpc) is 2.56. The molecule has 0 aliphatic rings. The van der Waals surface area contributed by atoms with E-state index in [1.807, 2.05) is 30.3 Å². The summed E-state index contributed by atoms with van der Waals surface area (Å²) in [6.07, 6.45) is 0. The van der Waals surface area contributed by atoms with Crippen molar-refractivity contribution < 1.29 is 8.78 Å². The first-order valence-electron chi connectivity index (χ1n) is 6.91. The Morgan fingerprint density at radius 1 is 1.00 bits per heavy atom. The molecule has 1 heterocycles. The SMILES string of the molecule is N#Cc1nc(-c2ccc(F)cc2F)cc(-c2ccc(Br)cc2)c1N. The maximum Gasteiger partial charge on any atom is 0.164 e. The average molecular weight is 386 g/mol. The van der Waals surface area contributed by atoms with E-state index < -0.39 is 11.6 Å². The highest BCUT2D eigenvalue weighted by Gasteiger charge is 2.15. The van der Waals surface area contributed by atoms with Crippen LogP contribution in [-0.2, 0) is 0 Å². The number of hydrogen-bond acceptors (Lipinski definition) is 3. The molecular formula is C18H10BrF2N3. The van der Waals surface area contributed by atoms with Gasteiger partial charge in [0.1, 0.15) is 17.7 Å². The van der Waals surface area contributed by atoms with E-state index in [1.54, 1.807) is 6.07 Å². The van der Waals surface area contributed by atoms with Crippen molar-refractivity contribution in [1.29, 1.82) is 5.26 Å². The summed E-state index contributed by atoms with van der Waals surface area (Å²) in [5.74, 6) is -1.43. The molecule has 2 aromatic carbocycles. The first-order valence-corrected chi connectivity index (χ1v) is 7.71. The van der Waals surface area contributed by atoms with Crippen LogP contribution in [0.1, 0.15) is 5.69 Å². The molecule has 24 heavy (non-hydrogen) atoms. The lowest BCUT2D eigenvalue weighted by atomic mass is 10.00. The second kappa shape index (κ2) is 6.38. The van der Waals surface area contributed by atoms with Gasteiger partial charge < -0.3 is 5.73 Å². The molecule has 0 radical (unpaired) electrons. The normalized spacial score (nSPS) is 10.4. The van der Waals surface area contributed by atoms with Crippen molar-refractivity contribution in [2.24, 2.45) is 0 Å². The first kappa shape index (κ1) is 16.1. The Balaban J connectivity index is 2.24. The van der Waals surface area contributed by atoms with E-state index in [0.29, 0.717) is 5.56 Å². The number of nitrogens with two attached hydrogens (primary N) is 1. The Bertz CT molecular complexity index is 963. The quantitative estimate of drug-likeness (QED) is 0.681. The van der Waals surface area contributed by atoms with Crippen LogP contribution in [0.2, 0.25) is 0 Å². The number of hydrogen-bond donors (Lipinski definition) is 1. The zero-order valence-corrected chi connectivity index (χ0v) is 13.8. The number of anilines is 1. The van der Waals surface area contributed by atoms with Crippen LogP contribution in [0, 0.1) is 23.0 Å². The van der Waals surface area contributed by atoms with Crippen LogP contribution in [0.5, 0.6) is 0 Å². The molecule has 0 fully saturated rings. The summed E-state index contributed by atoms with van der Waals surface area (Å²) in [7, 11) is 0. The Kier molecular flexibility index (Phi) is 4.28. The van der Waals surface area contributed by atoms with E-state index in [4.69, 9.17) is 5.73 Å². The van der Waals surface area contributed by atoms with E-state index in [-0.39, 0.29) is 22.6 Å². The summed E-state index contributed by atoms with van der Waals surface area (Å²) in [6.45, 7) is 0. The van der Waals surface area contributed by atoms with Crippen LogP contribution in [0.25, 0.3) is 22.4 Å². The van der Waals surface area contributed by atoms with Gasteiger partial charge in [-0.15, -0.1) is 0 Å². The Hall–Kier alpha value is -2.78. The van der Waals surface area contributed by atoms with Gasteiger partial charge in [-0.3, -0.25) is 0 Å². The smallest absolute Gasteiger partial charge is 0.164 e. The second-order valence-electron chi connectivity index (χ2n) is 5.06. The third kappa shape index (κ3) is 2.99. The fourth-order valence-electron chi connectivity index (χ4n) is 2.34. The molecule has 3 rings (SSSR count). The Labute approximate surface area is 145 Å². The zero-order valence-electron chi connectivity index (χ0n) is 12.2. The molecular weight excluding hydrogens is 376 g/mol. The maximum atomic E-state index is 14.1. The van der Waals surface area contributed by atoms with Crippen molar-refractivity contribution in [2.45, 2.75) is 0 Å². The predicted molar refractivity (Wildman–Crippen MR) is 91.9 cm³/mol. The molecule has 0 bridgehead atoms. The van der Waals surface area contributed by atoms with Crippen LogP contribution in [0.4, 0.5) is 14.5 Å². The molecule has 2 N–H and O–H groups in total. The minimum absolute atomic E-state index is 0.00542. The number of nitrogen functional groups attached to an aromatic ring is 1. The number of benzene rings is 2. The summed E-state index contributed by atoms with van der Waals surface area (Å²) in [5, 5.41) is 9.26. The van der Waals surface area contributed by atoms with Crippen molar-refractivity contribution >= 4 is 21.6 Å². The van der Waals surface area contributed by atoms with Gasteiger partial charge in [0.05, 0.1) is 11.4 Å². The zero-order chi connectivity index (χ0) is 17.3. The first-order chi connectivity index (χ1) is 11.5. The van der Waals surface area contributed by atoms with Gasteiger partial charge in [-0.25, -0.2) is 13.8 Å². The molecule has 118 valence electrons. The molecule has 1 aromatic heterocycles. The van der Waals surface area contributed by atoms with Crippen molar-refractivity contribution in [3.63, 3.8) is 0 Å². The lowest BCUT2D eigenvalue weighted by molar-refractivity contribution is 0.585. The largest absolute Gasteiger partial charge is 0.396 e. The monoisotopic (exact) mass is 385 g/mol. The molecule has 0 unspecified atom stereocenters. The third-order valence-electron chi connectivity index (χ3n) is 3.53. The Morgan fingerprint density at radius 2 is 1.71 bits per heavy atom. The molecule has 0 atom stereocenters. The minimum Gasteiger partial charge on any atom is -0.396 e. The lowest BCUT2D eigenvalue weighted by Crippen LogP contribution is -2.00. The van der Waals surface area contributed by atoms with Gasteiger partial charge in [0, 0.05) is 21.7 Å². The minimum atomic E-state index is -0.752. The molecule has 0 saturated carbocycles. The molecule has 3 aromatic rings. The van der Waals surface area contributed by atoms with Gasteiger partial charge in [0.15, 0.2) is 5.69 Å². The van der Waals surface area contributed by atoms with Gasteiger partial charge in [-0.1, -0.05) is 28.1 Å². The molecule has 0 aliphatic heterocycles. The topological polar surface area (TPSA) is 62.7 Å². The van der Waals surface area contributed by atoms with Crippen molar-refractivity contribution in [1.82, 2.24) is 4.98 Å². The molecule has 6 heteroatoms. The van der Waals surface area contributed by atoms with E-state index in [1.165, 1.54) is 6.07 Å². The van der Waals surface area contributed by atoms with Crippen molar-refractivity contribution in [3.8, 4) is 28.5 Å². The number of rotatable bonds is 2. The summed E-state index contributed by atoms with van der Waals surface area (Å²) >= 11 is 3.35. The Morgan fingerprint density at radius 3 is 2.33 bits per heavy atom. The van der Waals surface area contributed by atoms with E-state index in [9.17, 15) is 14.0 Å². The summed E-state index contributed by atoms with van der Waals surface area (Å²) in [6, 6.07) is 14.0. The predicted octanol–water partition coefficient (Wildman–Crippen LogP) is 4.91. The van der Waals surface area contributed by atoms with Gasteiger partial charge in [-0.05, 0) is 35.9 Å². The van der Waals surface area contributed by atoms with E-state index in [2.05, 4.69) is 20.9 Å². The molecule has 3 nitrogen and oxygen atoms in total. The third-order valence-corrected chi connectivity index (χ3v) is 4.06. The van der Waals surface area contributed by atoms with E-state index >= 15 is 0 Å². The summed E-state index contributed by atoms with van der Waals surface area (Å²) in [5.41, 5.74) is 7.88. The standard InChI is InChI=1S/C18H10BrF2N3/c19-11-3-1-10(2-4-11)14-8-16(24-17(9-22)18(14)23)13-6-5-12(20)7-15(13)21/h1-8H,23H2. The molecule has 0 spiro atoms. The van der Waals surface area contributed by atoms with Gasteiger partial charge in [-0.2, -0.15) is 5.26 Å². The fraction of sp³-hybridized carbons (Fsp3) is 0. The number of pyridine rings is 1. The van der Waals surface area contributed by atoms with Crippen LogP contribution >= 0.6 is 15.9 Å². The lowest BCUT2D eigenvalue weighted by Gasteiger charge is -2.11. The molecule has 0 amide bonds. The maximum absolute atomic E-state index is 14.1. The van der Waals surface area contributed by atoms with Gasteiger partial charge in [0.2, 0.25) is 0 Å². The highest BCUT2D eigenvalue weighted by atomic mass is 79.9. The van der Waals surface area contributed by atoms with Crippen LogP contribution in [0.15, 0.2) is 53.0 Å². The van der Waals surface area contributed by atoms with Crippen molar-refractivity contribution in [3.05, 3.63) is 70.3 Å². The van der Waals surface area contributed by atoms with Crippen LogP contribution in [0.3, 0.4) is 0 Å². The van der Waals surface area contributed by atoms with Crippen molar-refractivity contribution in [2.75, 3.05) is 5.73 Å². The molecule has 0 saturated heterocycles.